The van der Waals surface area contributed by atoms with Gasteiger partial charge in [-0.1, -0.05) is 30.3 Å². The minimum Gasteiger partial charge on any atom is -0.258 e. The number of aromatic nitrogens is 2. The van der Waals surface area contributed by atoms with Crippen molar-refractivity contribution in [1.82, 2.24) is 10.3 Å². The van der Waals surface area contributed by atoms with Crippen LogP contribution in [0, 0.1) is 10.1 Å². The second-order valence-electron chi connectivity index (χ2n) is 4.28. The summed E-state index contributed by atoms with van der Waals surface area (Å²) in [5, 5.41) is 18.1. The van der Waals surface area contributed by atoms with Gasteiger partial charge in [-0.15, -0.1) is 0 Å². The average molecular weight is 303 g/mol. The van der Waals surface area contributed by atoms with Crippen molar-refractivity contribution in [1.29, 1.82) is 0 Å². The summed E-state index contributed by atoms with van der Waals surface area (Å²) in [4.78, 5) is 10.7. The fourth-order valence-corrected chi connectivity index (χ4v) is 3.19. The van der Waals surface area contributed by atoms with Crippen molar-refractivity contribution in [2.24, 2.45) is 0 Å². The van der Waals surface area contributed by atoms with Gasteiger partial charge in [-0.05, 0) is 21.9 Å². The number of nitro benzene ring substituents is 1. The monoisotopic (exact) mass is 303 g/mol. The summed E-state index contributed by atoms with van der Waals surface area (Å²) in [7, 11) is -1.39. The summed E-state index contributed by atoms with van der Waals surface area (Å²) in [6, 6.07) is 12.0. The SMILES string of the molecule is O=[N+]([O-])c1ccc(S(=O)Cc2ccccc2)c2nonc12. The molecule has 3 aromatic rings. The Labute approximate surface area is 121 Å². The van der Waals surface area contributed by atoms with E-state index in [1.54, 1.807) is 0 Å². The second kappa shape index (κ2) is 5.41. The van der Waals surface area contributed by atoms with Crippen LogP contribution in [0.25, 0.3) is 11.0 Å². The molecule has 7 nitrogen and oxygen atoms in total. The van der Waals surface area contributed by atoms with Gasteiger partial charge in [0.25, 0.3) is 0 Å². The first-order chi connectivity index (χ1) is 10.2. The lowest BCUT2D eigenvalue weighted by atomic mass is 10.2. The largest absolute Gasteiger partial charge is 0.300 e. The van der Waals surface area contributed by atoms with Gasteiger partial charge in [0.2, 0.25) is 5.52 Å². The zero-order chi connectivity index (χ0) is 14.8. The minimum atomic E-state index is -1.39. The van der Waals surface area contributed by atoms with Gasteiger partial charge in [-0.25, -0.2) is 4.63 Å². The number of non-ortho nitro benzene ring substituents is 1. The smallest absolute Gasteiger partial charge is 0.258 e. The van der Waals surface area contributed by atoms with Crippen molar-refractivity contribution in [3.8, 4) is 0 Å². The molecule has 0 radical (unpaired) electrons. The Balaban J connectivity index is 2.01. The Bertz CT molecular complexity index is 832. The molecular formula is C13H9N3O4S. The van der Waals surface area contributed by atoms with Gasteiger partial charge in [0.1, 0.15) is 0 Å². The number of benzene rings is 2. The predicted octanol–water partition coefficient (Wildman–Crippen LogP) is 2.44. The predicted molar refractivity (Wildman–Crippen MR) is 75.0 cm³/mol. The number of hydrogen-bond donors (Lipinski definition) is 0. The Morgan fingerprint density at radius 1 is 1.10 bits per heavy atom. The summed E-state index contributed by atoms with van der Waals surface area (Å²) in [6.45, 7) is 0. The number of hydrogen-bond acceptors (Lipinski definition) is 6. The van der Waals surface area contributed by atoms with Gasteiger partial charge in [-0.3, -0.25) is 14.3 Å². The molecule has 0 saturated heterocycles. The number of fused-ring (bicyclic) bond motifs is 1. The lowest BCUT2D eigenvalue weighted by molar-refractivity contribution is -0.383. The topological polar surface area (TPSA) is 99.1 Å². The van der Waals surface area contributed by atoms with E-state index in [9.17, 15) is 14.3 Å². The van der Waals surface area contributed by atoms with Crippen molar-refractivity contribution in [2.45, 2.75) is 10.6 Å². The lowest BCUT2D eigenvalue weighted by Gasteiger charge is -2.03. The highest BCUT2D eigenvalue weighted by Gasteiger charge is 2.22. The van der Waals surface area contributed by atoms with Crippen molar-refractivity contribution in [2.75, 3.05) is 0 Å². The van der Waals surface area contributed by atoms with E-state index in [1.807, 2.05) is 30.3 Å². The van der Waals surface area contributed by atoms with Gasteiger partial charge >= 0.3 is 5.69 Å². The molecule has 0 amide bonds. The second-order valence-corrected chi connectivity index (χ2v) is 5.70. The van der Waals surface area contributed by atoms with Crippen LogP contribution in [-0.2, 0) is 16.6 Å². The van der Waals surface area contributed by atoms with E-state index in [0.717, 1.165) is 5.56 Å². The highest BCUT2D eigenvalue weighted by molar-refractivity contribution is 7.84. The zero-order valence-electron chi connectivity index (χ0n) is 10.6. The first-order valence-electron chi connectivity index (χ1n) is 5.99. The van der Waals surface area contributed by atoms with Crippen molar-refractivity contribution in [3.63, 3.8) is 0 Å². The molecule has 0 aliphatic heterocycles. The first-order valence-corrected chi connectivity index (χ1v) is 7.30. The lowest BCUT2D eigenvalue weighted by Crippen LogP contribution is -1.99. The van der Waals surface area contributed by atoms with Crippen LogP contribution in [0.4, 0.5) is 5.69 Å². The molecule has 0 spiro atoms. The van der Waals surface area contributed by atoms with Crippen molar-refractivity contribution >= 4 is 27.5 Å². The molecule has 106 valence electrons. The number of rotatable bonds is 4. The van der Waals surface area contributed by atoms with E-state index in [4.69, 9.17) is 0 Å². The van der Waals surface area contributed by atoms with E-state index >= 15 is 0 Å². The van der Waals surface area contributed by atoms with E-state index < -0.39 is 15.7 Å². The third-order valence-electron chi connectivity index (χ3n) is 2.94. The molecule has 0 fully saturated rings. The fraction of sp³-hybridized carbons (Fsp3) is 0.0769. The molecule has 2 aromatic carbocycles. The highest BCUT2D eigenvalue weighted by Crippen LogP contribution is 2.28. The Hall–Kier alpha value is -2.61. The molecule has 1 heterocycles. The number of nitro groups is 1. The quantitative estimate of drug-likeness (QED) is 0.542. The molecule has 1 aromatic heterocycles. The third-order valence-corrected chi connectivity index (χ3v) is 4.36. The van der Waals surface area contributed by atoms with Crippen LogP contribution >= 0.6 is 0 Å². The maximum Gasteiger partial charge on any atom is 0.300 e. The Morgan fingerprint density at radius 3 is 2.52 bits per heavy atom. The molecule has 0 N–H and O–H groups in total. The van der Waals surface area contributed by atoms with Crippen LogP contribution in [0.15, 0.2) is 52.0 Å². The van der Waals surface area contributed by atoms with Crippen LogP contribution in [0.1, 0.15) is 5.56 Å². The highest BCUT2D eigenvalue weighted by atomic mass is 32.2. The van der Waals surface area contributed by atoms with Crippen molar-refractivity contribution in [3.05, 3.63) is 58.1 Å². The molecule has 0 aliphatic rings. The summed E-state index contributed by atoms with van der Waals surface area (Å²) >= 11 is 0. The van der Waals surface area contributed by atoms with Gasteiger partial charge in [0.05, 0.1) is 26.4 Å². The van der Waals surface area contributed by atoms with Crippen LogP contribution in [0.2, 0.25) is 0 Å². The van der Waals surface area contributed by atoms with Crippen LogP contribution in [0.3, 0.4) is 0 Å². The van der Waals surface area contributed by atoms with Crippen LogP contribution in [-0.4, -0.2) is 19.4 Å². The summed E-state index contributed by atoms with van der Waals surface area (Å²) in [5.74, 6) is 0.292. The van der Waals surface area contributed by atoms with Crippen LogP contribution in [0.5, 0.6) is 0 Å². The molecule has 3 rings (SSSR count). The normalized spacial score (nSPS) is 12.4. The summed E-state index contributed by atoms with van der Waals surface area (Å²) in [6.07, 6.45) is 0. The molecule has 1 unspecified atom stereocenters. The molecule has 21 heavy (non-hydrogen) atoms. The van der Waals surface area contributed by atoms with Gasteiger partial charge < -0.3 is 0 Å². The van der Waals surface area contributed by atoms with E-state index in [-0.39, 0.29) is 16.7 Å². The third kappa shape index (κ3) is 2.52. The Morgan fingerprint density at radius 2 is 1.81 bits per heavy atom. The Kier molecular flexibility index (Phi) is 3.44. The van der Waals surface area contributed by atoms with Gasteiger partial charge in [0, 0.05) is 6.07 Å². The zero-order valence-corrected chi connectivity index (χ0v) is 11.4. The molecule has 0 aliphatic carbocycles. The first kappa shape index (κ1) is 13.4. The fourth-order valence-electron chi connectivity index (χ4n) is 1.97. The molecule has 8 heteroatoms. The van der Waals surface area contributed by atoms with Crippen LogP contribution < -0.4 is 0 Å². The summed E-state index contributed by atoms with van der Waals surface area (Å²) in [5.41, 5.74) is 0.864. The summed E-state index contributed by atoms with van der Waals surface area (Å²) < 4.78 is 17.0. The van der Waals surface area contributed by atoms with Gasteiger partial charge in [-0.2, -0.15) is 0 Å². The maximum absolute atomic E-state index is 12.4. The molecule has 0 saturated carbocycles. The standard InChI is InChI=1S/C13H9N3O4S/c17-16(18)10-6-7-11(13-12(10)14-20-15-13)21(19)8-9-4-2-1-3-5-9/h1-7H,8H2. The molecule has 1 atom stereocenters. The average Bonchev–Trinajstić information content (AvgIpc) is 2.96. The van der Waals surface area contributed by atoms with Gasteiger partial charge in [0.15, 0.2) is 5.52 Å². The molecule has 0 bridgehead atoms. The molecular weight excluding hydrogens is 294 g/mol. The minimum absolute atomic E-state index is 0.0129. The van der Waals surface area contributed by atoms with E-state index in [1.165, 1.54) is 12.1 Å². The van der Waals surface area contributed by atoms with Crippen molar-refractivity contribution < 1.29 is 13.8 Å². The van der Waals surface area contributed by atoms with E-state index in [2.05, 4.69) is 14.9 Å². The van der Waals surface area contributed by atoms with E-state index in [0.29, 0.717) is 10.6 Å². The number of nitrogens with zero attached hydrogens (tertiary/aromatic N) is 3. The maximum atomic E-state index is 12.4.